The number of halogens is 1. The quantitative estimate of drug-likeness (QED) is 0.813. The lowest BCUT2D eigenvalue weighted by Crippen LogP contribution is -2.54. The molecule has 1 aromatic heterocycles. The molecule has 0 radical (unpaired) electrons. The van der Waals surface area contributed by atoms with Crippen LogP contribution in [0, 0.1) is 5.82 Å². The Bertz CT molecular complexity index is 999. The molecular weight excluding hydrogens is 387 g/mol. The number of benzene rings is 1. The van der Waals surface area contributed by atoms with Gasteiger partial charge in [0.1, 0.15) is 22.1 Å². The first-order valence-electron chi connectivity index (χ1n) is 9.03. The molecule has 10 heteroatoms. The fourth-order valence-electron chi connectivity index (χ4n) is 3.92. The molecule has 0 bridgehead atoms. The first-order valence-corrected chi connectivity index (χ1v) is 10.5. The van der Waals surface area contributed by atoms with Gasteiger partial charge < -0.3 is 14.6 Å². The van der Waals surface area contributed by atoms with E-state index in [9.17, 15) is 17.6 Å². The van der Waals surface area contributed by atoms with Gasteiger partial charge in [0.2, 0.25) is 10.0 Å². The first kappa shape index (κ1) is 19.0. The number of likely N-dealkylation sites (N-methyl/N-ethyl adjacent to an activating group) is 1. The molecule has 2 aliphatic rings. The fourth-order valence-corrected chi connectivity index (χ4v) is 5.42. The van der Waals surface area contributed by atoms with E-state index in [1.165, 1.54) is 22.5 Å². The number of carbonyl (C=O) groups is 1. The van der Waals surface area contributed by atoms with E-state index in [-0.39, 0.29) is 23.9 Å². The van der Waals surface area contributed by atoms with E-state index in [1.807, 2.05) is 4.57 Å². The Morgan fingerprint density at radius 2 is 2.04 bits per heavy atom. The highest BCUT2D eigenvalue weighted by Gasteiger charge is 2.48. The third kappa shape index (κ3) is 3.01. The maximum Gasteiger partial charge on any atom is 0.250 e. The summed E-state index contributed by atoms with van der Waals surface area (Å²) in [6.07, 6.45) is 3.41. The van der Waals surface area contributed by atoms with Gasteiger partial charge in [-0.3, -0.25) is 4.79 Å². The molecule has 1 amide bonds. The number of nitrogens with one attached hydrogen (secondary N) is 1. The van der Waals surface area contributed by atoms with Crippen LogP contribution in [0.1, 0.15) is 18.7 Å². The van der Waals surface area contributed by atoms with Crippen molar-refractivity contribution in [2.75, 3.05) is 20.1 Å². The molecule has 150 valence electrons. The van der Waals surface area contributed by atoms with Gasteiger partial charge in [0.05, 0.1) is 6.54 Å². The maximum absolute atomic E-state index is 14.0. The zero-order valence-electron chi connectivity index (χ0n) is 15.3. The van der Waals surface area contributed by atoms with Crippen molar-refractivity contribution in [1.82, 2.24) is 19.2 Å². The molecule has 1 saturated heterocycles. The second kappa shape index (κ2) is 6.94. The smallest absolute Gasteiger partial charge is 0.250 e. The van der Waals surface area contributed by atoms with Crippen molar-refractivity contribution in [1.29, 1.82) is 0 Å². The Balaban J connectivity index is 1.60. The minimum absolute atomic E-state index is 0.143. The minimum atomic E-state index is -3.95. The minimum Gasteiger partial charge on any atom is -0.357 e. The van der Waals surface area contributed by atoms with E-state index in [1.54, 1.807) is 19.4 Å². The summed E-state index contributed by atoms with van der Waals surface area (Å²) in [5.74, 6) is -0.317. The van der Waals surface area contributed by atoms with Crippen LogP contribution >= 0.6 is 0 Å². The summed E-state index contributed by atoms with van der Waals surface area (Å²) in [6.45, 7) is 0.641. The molecule has 1 fully saturated rings. The maximum atomic E-state index is 14.0. The predicted molar refractivity (Wildman–Crippen MR) is 97.2 cm³/mol. The lowest BCUT2D eigenvalue weighted by molar-refractivity contribution is -0.170. The second-order valence-corrected chi connectivity index (χ2v) is 8.86. The molecule has 8 nitrogen and oxygen atoms in total. The molecule has 1 atom stereocenters. The molecule has 4 rings (SSSR count). The Morgan fingerprint density at radius 3 is 2.71 bits per heavy atom. The number of rotatable bonds is 3. The van der Waals surface area contributed by atoms with E-state index in [4.69, 9.17) is 4.74 Å². The topological polar surface area (TPSA) is 93.5 Å². The van der Waals surface area contributed by atoms with Crippen molar-refractivity contribution >= 4 is 15.9 Å². The van der Waals surface area contributed by atoms with Crippen molar-refractivity contribution in [3.05, 3.63) is 48.3 Å². The Kier molecular flexibility index (Phi) is 4.72. The van der Waals surface area contributed by atoms with Gasteiger partial charge >= 0.3 is 0 Å². The van der Waals surface area contributed by atoms with Crippen LogP contribution in [0.5, 0.6) is 0 Å². The summed E-state index contributed by atoms with van der Waals surface area (Å²) in [7, 11) is -2.40. The Labute approximate surface area is 162 Å². The standard InChI is InChI=1S/C18H21FN4O4S/c1-20-16(24)14-12-22-11-8-21-17(22)18(27-14)6-9-23(10-7-18)28(25,26)15-5-3-2-4-13(15)19/h2-5,8,11,14H,6-7,9-10,12H2,1H3,(H,20,24). The van der Waals surface area contributed by atoms with Crippen LogP contribution in [-0.2, 0) is 31.7 Å². The van der Waals surface area contributed by atoms with Crippen LogP contribution in [0.4, 0.5) is 4.39 Å². The van der Waals surface area contributed by atoms with E-state index in [0.29, 0.717) is 25.2 Å². The molecule has 1 unspecified atom stereocenters. The highest BCUT2D eigenvalue weighted by atomic mass is 32.2. The zero-order chi connectivity index (χ0) is 19.9. The number of carbonyl (C=O) groups excluding carboxylic acids is 1. The number of aromatic nitrogens is 2. The van der Waals surface area contributed by atoms with Crippen LogP contribution in [0.2, 0.25) is 0 Å². The van der Waals surface area contributed by atoms with Gasteiger partial charge in [-0.05, 0) is 25.0 Å². The van der Waals surface area contributed by atoms with Gasteiger partial charge in [0.15, 0.2) is 6.10 Å². The zero-order valence-corrected chi connectivity index (χ0v) is 16.2. The van der Waals surface area contributed by atoms with Gasteiger partial charge in [0, 0.05) is 32.5 Å². The van der Waals surface area contributed by atoms with E-state index in [2.05, 4.69) is 10.3 Å². The van der Waals surface area contributed by atoms with Gasteiger partial charge in [-0.1, -0.05) is 12.1 Å². The molecule has 0 saturated carbocycles. The molecule has 2 aromatic rings. The van der Waals surface area contributed by atoms with Crippen molar-refractivity contribution in [3.63, 3.8) is 0 Å². The number of nitrogens with zero attached hydrogens (tertiary/aromatic N) is 3. The number of hydrogen-bond acceptors (Lipinski definition) is 5. The van der Waals surface area contributed by atoms with Crippen molar-refractivity contribution in [2.24, 2.45) is 0 Å². The van der Waals surface area contributed by atoms with Crippen LogP contribution in [0.15, 0.2) is 41.6 Å². The van der Waals surface area contributed by atoms with E-state index >= 15 is 0 Å². The second-order valence-electron chi connectivity index (χ2n) is 6.95. The normalized spacial score (nSPS) is 22.0. The first-order chi connectivity index (χ1) is 13.4. The van der Waals surface area contributed by atoms with Gasteiger partial charge in [-0.15, -0.1) is 0 Å². The Hall–Kier alpha value is -2.30. The van der Waals surface area contributed by atoms with Crippen LogP contribution in [-0.4, -0.2) is 54.4 Å². The van der Waals surface area contributed by atoms with Crippen LogP contribution in [0.3, 0.4) is 0 Å². The molecule has 0 aliphatic carbocycles. The van der Waals surface area contributed by atoms with E-state index in [0.717, 1.165) is 6.07 Å². The number of amides is 1. The van der Waals surface area contributed by atoms with Gasteiger partial charge in [-0.2, -0.15) is 4.31 Å². The van der Waals surface area contributed by atoms with Gasteiger partial charge in [0.25, 0.3) is 5.91 Å². The number of piperidine rings is 1. The van der Waals surface area contributed by atoms with Crippen LogP contribution in [0.25, 0.3) is 0 Å². The molecule has 3 heterocycles. The van der Waals surface area contributed by atoms with Crippen LogP contribution < -0.4 is 5.32 Å². The van der Waals surface area contributed by atoms with Crippen molar-refractivity contribution in [3.8, 4) is 0 Å². The molecule has 1 aromatic carbocycles. The average molecular weight is 408 g/mol. The summed E-state index contributed by atoms with van der Waals surface area (Å²) < 4.78 is 49.0. The summed E-state index contributed by atoms with van der Waals surface area (Å²) >= 11 is 0. The third-order valence-corrected chi connectivity index (χ3v) is 7.31. The molecule has 28 heavy (non-hydrogen) atoms. The molecule has 2 aliphatic heterocycles. The number of hydrogen-bond donors (Lipinski definition) is 1. The summed E-state index contributed by atoms with van der Waals surface area (Å²) in [6, 6.07) is 5.35. The SMILES string of the molecule is CNC(=O)C1Cn2ccnc2C2(CCN(S(=O)(=O)c3ccccc3F)CC2)O1. The summed E-state index contributed by atoms with van der Waals surface area (Å²) in [5.41, 5.74) is -0.847. The largest absolute Gasteiger partial charge is 0.357 e. The average Bonchev–Trinajstić information content (AvgIpc) is 3.17. The number of fused-ring (bicyclic) bond motifs is 2. The number of ether oxygens (including phenoxy) is 1. The number of imidazole rings is 1. The van der Waals surface area contributed by atoms with E-state index < -0.39 is 27.5 Å². The fraction of sp³-hybridized carbons (Fsp3) is 0.444. The molecular formula is C18H21FN4O4S. The lowest BCUT2D eigenvalue weighted by Gasteiger charge is -2.45. The predicted octanol–water partition coefficient (Wildman–Crippen LogP) is 0.847. The lowest BCUT2D eigenvalue weighted by atomic mass is 9.89. The Morgan fingerprint density at radius 1 is 1.32 bits per heavy atom. The highest BCUT2D eigenvalue weighted by Crippen LogP contribution is 2.41. The van der Waals surface area contributed by atoms with Crippen molar-refractivity contribution in [2.45, 2.75) is 36.0 Å². The molecule has 1 N–H and O–H groups in total. The van der Waals surface area contributed by atoms with Crippen molar-refractivity contribution < 1.29 is 22.3 Å². The monoisotopic (exact) mass is 408 g/mol. The summed E-state index contributed by atoms with van der Waals surface area (Å²) in [4.78, 5) is 16.2. The summed E-state index contributed by atoms with van der Waals surface area (Å²) in [5, 5.41) is 2.59. The highest BCUT2D eigenvalue weighted by molar-refractivity contribution is 7.89. The molecule has 1 spiro atoms. The van der Waals surface area contributed by atoms with Gasteiger partial charge in [-0.25, -0.2) is 17.8 Å². The number of sulfonamides is 1. The third-order valence-electron chi connectivity index (χ3n) is 5.38.